The van der Waals surface area contributed by atoms with Gasteiger partial charge in [-0.2, -0.15) is 10.1 Å². The molecule has 1 aliphatic heterocycles. The second kappa shape index (κ2) is 7.56. The van der Waals surface area contributed by atoms with Crippen molar-refractivity contribution >= 4 is 17.1 Å². The summed E-state index contributed by atoms with van der Waals surface area (Å²) < 4.78 is 8.20. The molecule has 2 aliphatic carbocycles. The second-order valence-corrected chi connectivity index (χ2v) is 9.71. The molecule has 0 unspecified atom stereocenters. The van der Waals surface area contributed by atoms with E-state index in [0.29, 0.717) is 30.8 Å². The number of hydrogen-bond donors (Lipinski definition) is 0. The van der Waals surface area contributed by atoms with Gasteiger partial charge in [-0.3, -0.25) is 4.68 Å². The van der Waals surface area contributed by atoms with E-state index in [1.54, 1.807) is 0 Å². The molecule has 1 aromatic carbocycles. The third-order valence-electron chi connectivity index (χ3n) is 7.34. The molecule has 0 amide bonds. The van der Waals surface area contributed by atoms with Crippen molar-refractivity contribution in [1.29, 1.82) is 0 Å². The van der Waals surface area contributed by atoms with Gasteiger partial charge in [-0.1, -0.05) is 12.1 Å². The van der Waals surface area contributed by atoms with Crippen molar-refractivity contribution in [3.63, 3.8) is 0 Å². The van der Waals surface area contributed by atoms with Gasteiger partial charge in [0.1, 0.15) is 17.3 Å². The van der Waals surface area contributed by atoms with E-state index in [1.807, 2.05) is 20.0 Å². The van der Waals surface area contributed by atoms with Gasteiger partial charge in [0.05, 0.1) is 36.8 Å². The molecule has 8 heteroatoms. The minimum absolute atomic E-state index is 0.0497. The van der Waals surface area contributed by atoms with E-state index >= 15 is 0 Å². The van der Waals surface area contributed by atoms with Gasteiger partial charge >= 0.3 is 0 Å². The molecule has 3 aliphatic rings. The van der Waals surface area contributed by atoms with Gasteiger partial charge in [0.25, 0.3) is 0 Å². The highest BCUT2D eigenvalue weighted by atomic mass is 16.5. The average Bonchev–Trinajstić information content (AvgIpc) is 3.56. The summed E-state index contributed by atoms with van der Waals surface area (Å²) in [6.45, 7) is 6.01. The zero-order chi connectivity index (χ0) is 22.8. The van der Waals surface area contributed by atoms with E-state index in [9.17, 15) is 0 Å². The topological polar surface area (TPSA) is 81.9 Å². The molecule has 172 valence electrons. The summed E-state index contributed by atoms with van der Waals surface area (Å²) in [7, 11) is 0. The van der Waals surface area contributed by atoms with E-state index in [-0.39, 0.29) is 6.10 Å². The van der Waals surface area contributed by atoms with Crippen LogP contribution in [-0.4, -0.2) is 49.4 Å². The number of aromatic nitrogens is 6. The van der Waals surface area contributed by atoms with Crippen LogP contribution in [0.3, 0.4) is 0 Å². The molecule has 7 rings (SSSR count). The van der Waals surface area contributed by atoms with Crippen LogP contribution in [0.4, 0.5) is 5.95 Å². The average molecular weight is 454 g/mol. The van der Waals surface area contributed by atoms with Gasteiger partial charge in [0, 0.05) is 23.9 Å². The van der Waals surface area contributed by atoms with Gasteiger partial charge in [-0.05, 0) is 56.7 Å². The highest BCUT2D eigenvalue weighted by Crippen LogP contribution is 2.36. The Bertz CT molecular complexity index is 1420. The lowest BCUT2D eigenvalue weighted by molar-refractivity contribution is 0.0392. The number of rotatable bonds is 4. The van der Waals surface area contributed by atoms with Crippen LogP contribution in [0.15, 0.2) is 30.6 Å². The van der Waals surface area contributed by atoms with Gasteiger partial charge < -0.3 is 9.64 Å². The summed E-state index contributed by atoms with van der Waals surface area (Å²) >= 11 is 0. The molecule has 0 N–H and O–H groups in total. The van der Waals surface area contributed by atoms with E-state index in [2.05, 4.69) is 39.1 Å². The third-order valence-corrected chi connectivity index (χ3v) is 7.34. The largest absolute Gasteiger partial charge is 0.370 e. The molecule has 8 nitrogen and oxygen atoms in total. The number of aryl methyl sites for hydroxylation is 4. The number of benzene rings is 1. The van der Waals surface area contributed by atoms with Crippen molar-refractivity contribution in [2.24, 2.45) is 0 Å². The maximum atomic E-state index is 6.12. The van der Waals surface area contributed by atoms with E-state index in [4.69, 9.17) is 24.7 Å². The summed E-state index contributed by atoms with van der Waals surface area (Å²) in [6.07, 6.45) is 8.75. The lowest BCUT2D eigenvalue weighted by Crippen LogP contribution is -2.39. The molecular formula is C26H27N7O. The first kappa shape index (κ1) is 20.0. The zero-order valence-electron chi connectivity index (χ0n) is 19.5. The number of hydrogen-bond acceptors (Lipinski definition) is 7. The first-order chi connectivity index (χ1) is 16.6. The van der Waals surface area contributed by atoms with Crippen molar-refractivity contribution in [2.75, 3.05) is 24.6 Å². The number of nitrogens with zero attached hydrogens (tertiary/aromatic N) is 7. The minimum Gasteiger partial charge on any atom is -0.370 e. The van der Waals surface area contributed by atoms with Gasteiger partial charge in [-0.25, -0.2) is 15.0 Å². The molecular weight excluding hydrogens is 426 g/mol. The summed E-state index contributed by atoms with van der Waals surface area (Å²) in [5, 5.41) is 4.55. The highest BCUT2D eigenvalue weighted by Gasteiger charge is 2.29. The monoisotopic (exact) mass is 453 g/mol. The Morgan fingerprint density at radius 1 is 0.971 bits per heavy atom. The third kappa shape index (κ3) is 3.36. The molecule has 0 spiro atoms. The Labute approximate surface area is 198 Å². The smallest absolute Gasteiger partial charge is 0.228 e. The fourth-order valence-corrected chi connectivity index (χ4v) is 4.88. The molecule has 0 bridgehead atoms. The Morgan fingerprint density at radius 2 is 1.82 bits per heavy atom. The first-order valence-corrected chi connectivity index (χ1v) is 12.2. The normalized spacial score (nSPS) is 19.8. The van der Waals surface area contributed by atoms with Crippen LogP contribution in [0.1, 0.15) is 53.1 Å². The molecule has 4 aromatic rings. The molecule has 2 fully saturated rings. The zero-order valence-corrected chi connectivity index (χ0v) is 19.5. The van der Waals surface area contributed by atoms with Gasteiger partial charge in [0.2, 0.25) is 5.95 Å². The van der Waals surface area contributed by atoms with Crippen molar-refractivity contribution < 1.29 is 4.74 Å². The summed E-state index contributed by atoms with van der Waals surface area (Å²) in [5.74, 6) is 0.686. The van der Waals surface area contributed by atoms with Crippen LogP contribution in [0.2, 0.25) is 0 Å². The molecule has 0 radical (unpaired) electrons. The van der Waals surface area contributed by atoms with Crippen LogP contribution >= 0.6 is 0 Å². The standard InChI is InChI=1S/C26H27N7O/c1-15-16(2)29-25-24(28-15)23(19-6-4-17-3-5-18(17)11-19)30-26(31-25)32-9-10-34-22(14-32)20-12-27-33(13-20)21-7-8-21/h4,6,11-13,21-22H,3,5,7-10,14H2,1-2H3/t22-/m0/s1. The minimum atomic E-state index is -0.0497. The molecule has 4 heterocycles. The summed E-state index contributed by atoms with van der Waals surface area (Å²) in [4.78, 5) is 21.8. The van der Waals surface area contributed by atoms with E-state index in [0.717, 1.165) is 53.1 Å². The number of fused-ring (bicyclic) bond motifs is 2. The van der Waals surface area contributed by atoms with E-state index in [1.165, 1.54) is 24.0 Å². The number of anilines is 1. The van der Waals surface area contributed by atoms with Gasteiger partial charge in [-0.15, -0.1) is 0 Å². The fourth-order valence-electron chi connectivity index (χ4n) is 4.88. The SMILES string of the molecule is Cc1nc2nc(N3CCO[C@H](c4cnn(C5CC5)c4)C3)nc(-c3ccc4c(c3)CC4)c2nc1C. The van der Waals surface area contributed by atoms with E-state index < -0.39 is 0 Å². The first-order valence-electron chi connectivity index (χ1n) is 12.2. The second-order valence-electron chi connectivity index (χ2n) is 9.71. The lowest BCUT2D eigenvalue weighted by Gasteiger charge is -2.32. The highest BCUT2D eigenvalue weighted by molar-refractivity contribution is 5.88. The van der Waals surface area contributed by atoms with Gasteiger partial charge in [0.15, 0.2) is 5.65 Å². The van der Waals surface area contributed by atoms with Crippen LogP contribution < -0.4 is 4.90 Å². The Balaban J connectivity index is 1.28. The molecule has 34 heavy (non-hydrogen) atoms. The maximum Gasteiger partial charge on any atom is 0.228 e. The summed E-state index contributed by atoms with van der Waals surface area (Å²) in [6, 6.07) is 7.21. The number of morpholine rings is 1. The van der Waals surface area contributed by atoms with Crippen molar-refractivity contribution in [1.82, 2.24) is 29.7 Å². The Hall–Kier alpha value is -3.39. The van der Waals surface area contributed by atoms with Crippen LogP contribution in [0, 0.1) is 13.8 Å². The summed E-state index contributed by atoms with van der Waals surface area (Å²) in [5.41, 5.74) is 9.11. The van der Waals surface area contributed by atoms with Crippen LogP contribution in [0.25, 0.3) is 22.4 Å². The van der Waals surface area contributed by atoms with Crippen LogP contribution in [0.5, 0.6) is 0 Å². The predicted molar refractivity (Wildman–Crippen MR) is 129 cm³/mol. The van der Waals surface area contributed by atoms with Crippen LogP contribution in [-0.2, 0) is 17.6 Å². The molecule has 1 saturated heterocycles. The predicted octanol–water partition coefficient (Wildman–Crippen LogP) is 3.91. The molecule has 1 saturated carbocycles. The molecule has 1 atom stereocenters. The van der Waals surface area contributed by atoms with Crippen molar-refractivity contribution in [3.8, 4) is 11.3 Å². The fraction of sp³-hybridized carbons (Fsp3) is 0.423. The Kier molecular flexibility index (Phi) is 4.45. The molecule has 3 aromatic heterocycles. The van der Waals surface area contributed by atoms with Crippen molar-refractivity contribution in [2.45, 2.75) is 51.7 Å². The number of ether oxygens (including phenoxy) is 1. The quantitative estimate of drug-likeness (QED) is 0.463. The maximum absolute atomic E-state index is 6.12. The van der Waals surface area contributed by atoms with Crippen molar-refractivity contribution in [3.05, 3.63) is 58.7 Å². The lowest BCUT2D eigenvalue weighted by atomic mass is 9.87. The Morgan fingerprint density at radius 3 is 2.62 bits per heavy atom.